The first-order valence-electron chi connectivity index (χ1n) is 6.43. The van der Waals surface area contributed by atoms with E-state index in [1.54, 1.807) is 18.2 Å². The van der Waals surface area contributed by atoms with Gasteiger partial charge < -0.3 is 4.90 Å². The molecule has 19 heavy (non-hydrogen) atoms. The van der Waals surface area contributed by atoms with E-state index in [2.05, 4.69) is 30.1 Å². The van der Waals surface area contributed by atoms with Crippen molar-refractivity contribution < 1.29 is 0 Å². The number of nitrogens with one attached hydrogen (secondary N) is 1. The van der Waals surface area contributed by atoms with E-state index in [9.17, 15) is 5.26 Å². The molecule has 0 aliphatic heterocycles. The maximum absolute atomic E-state index is 9.26. The van der Waals surface area contributed by atoms with Crippen molar-refractivity contribution in [3.63, 3.8) is 0 Å². The van der Waals surface area contributed by atoms with Crippen molar-refractivity contribution in [3.8, 4) is 6.07 Å². The molecule has 5 heteroatoms. The molecule has 0 aliphatic carbocycles. The number of benzene rings is 1. The van der Waals surface area contributed by atoms with E-state index in [0.717, 1.165) is 26.2 Å². The Balaban J connectivity index is 2.67. The SMILES string of the molecule is CCN(CC)CCNC(C#N)c1c(Cl)cccc1Cl. The van der Waals surface area contributed by atoms with Gasteiger partial charge in [0.05, 0.1) is 6.07 Å². The molecule has 0 saturated heterocycles. The molecule has 0 heterocycles. The molecule has 1 aromatic carbocycles. The number of nitrogens with zero attached hydrogens (tertiary/aromatic N) is 2. The molecular formula is C14H19Cl2N3. The summed E-state index contributed by atoms with van der Waals surface area (Å²) in [5.41, 5.74) is 0.660. The van der Waals surface area contributed by atoms with E-state index in [-0.39, 0.29) is 0 Å². The minimum absolute atomic E-state index is 0.475. The van der Waals surface area contributed by atoms with Crippen LogP contribution in [-0.2, 0) is 0 Å². The number of hydrogen-bond donors (Lipinski definition) is 1. The fourth-order valence-electron chi connectivity index (χ4n) is 1.91. The second kappa shape index (κ2) is 8.39. The number of nitriles is 1. The van der Waals surface area contributed by atoms with Crippen molar-refractivity contribution >= 4 is 23.2 Å². The first-order chi connectivity index (χ1) is 9.13. The lowest BCUT2D eigenvalue weighted by molar-refractivity contribution is 0.300. The minimum Gasteiger partial charge on any atom is -0.303 e. The Hall–Kier alpha value is -0.790. The Bertz CT molecular complexity index is 419. The van der Waals surface area contributed by atoms with Crippen LogP contribution < -0.4 is 5.32 Å². The standard InChI is InChI=1S/C14H19Cl2N3/c1-3-19(4-2)9-8-18-13(10-17)14-11(15)6-5-7-12(14)16/h5-7,13,18H,3-4,8-9H2,1-2H3. The summed E-state index contributed by atoms with van der Waals surface area (Å²) in [6.07, 6.45) is 0. The molecule has 0 fully saturated rings. The second-order valence-electron chi connectivity index (χ2n) is 4.18. The van der Waals surface area contributed by atoms with Crippen LogP contribution in [0.1, 0.15) is 25.5 Å². The summed E-state index contributed by atoms with van der Waals surface area (Å²) in [5.74, 6) is 0. The summed E-state index contributed by atoms with van der Waals surface area (Å²) in [6, 6.07) is 7.01. The molecule has 0 bridgehead atoms. The highest BCUT2D eigenvalue weighted by Gasteiger charge is 2.17. The van der Waals surface area contributed by atoms with Crippen LogP contribution in [-0.4, -0.2) is 31.1 Å². The van der Waals surface area contributed by atoms with Crippen molar-refractivity contribution in [2.24, 2.45) is 0 Å². The Kier molecular flexibility index (Phi) is 7.19. The van der Waals surface area contributed by atoms with Gasteiger partial charge in [0.25, 0.3) is 0 Å². The molecule has 0 aliphatic rings. The summed E-state index contributed by atoms with van der Waals surface area (Å²) in [7, 11) is 0. The molecule has 1 aromatic rings. The number of halogens is 2. The monoisotopic (exact) mass is 299 g/mol. The maximum atomic E-state index is 9.26. The first-order valence-corrected chi connectivity index (χ1v) is 7.18. The molecule has 0 amide bonds. The summed E-state index contributed by atoms with van der Waals surface area (Å²) in [6.45, 7) is 7.87. The predicted octanol–water partition coefficient (Wildman–Crippen LogP) is 3.49. The van der Waals surface area contributed by atoms with Gasteiger partial charge in [-0.15, -0.1) is 0 Å². The molecule has 0 spiro atoms. The van der Waals surface area contributed by atoms with Crippen molar-refractivity contribution in [1.29, 1.82) is 5.26 Å². The highest BCUT2D eigenvalue weighted by molar-refractivity contribution is 6.36. The van der Waals surface area contributed by atoms with E-state index < -0.39 is 6.04 Å². The van der Waals surface area contributed by atoms with Crippen molar-refractivity contribution in [2.75, 3.05) is 26.2 Å². The predicted molar refractivity (Wildman–Crippen MR) is 80.6 cm³/mol. The summed E-state index contributed by atoms with van der Waals surface area (Å²) in [4.78, 5) is 2.29. The summed E-state index contributed by atoms with van der Waals surface area (Å²) >= 11 is 12.2. The molecule has 1 rings (SSSR count). The van der Waals surface area contributed by atoms with Gasteiger partial charge in [0.2, 0.25) is 0 Å². The van der Waals surface area contributed by atoms with Crippen LogP contribution in [0.4, 0.5) is 0 Å². The Morgan fingerprint density at radius 2 is 1.84 bits per heavy atom. The Labute approximate surface area is 125 Å². The van der Waals surface area contributed by atoms with Crippen LogP contribution in [0.15, 0.2) is 18.2 Å². The maximum Gasteiger partial charge on any atom is 0.124 e. The smallest absolute Gasteiger partial charge is 0.124 e. The van der Waals surface area contributed by atoms with Crippen LogP contribution in [0, 0.1) is 11.3 Å². The van der Waals surface area contributed by atoms with Crippen LogP contribution in [0.25, 0.3) is 0 Å². The lowest BCUT2D eigenvalue weighted by atomic mass is 10.1. The summed E-state index contributed by atoms with van der Waals surface area (Å²) < 4.78 is 0. The third-order valence-corrected chi connectivity index (χ3v) is 3.75. The van der Waals surface area contributed by atoms with Crippen LogP contribution >= 0.6 is 23.2 Å². The molecular weight excluding hydrogens is 281 g/mol. The van der Waals surface area contributed by atoms with Crippen molar-refractivity contribution in [1.82, 2.24) is 10.2 Å². The van der Waals surface area contributed by atoms with Gasteiger partial charge in [-0.05, 0) is 25.2 Å². The van der Waals surface area contributed by atoms with Crippen LogP contribution in [0.5, 0.6) is 0 Å². The average Bonchev–Trinajstić information content (AvgIpc) is 2.41. The zero-order chi connectivity index (χ0) is 14.3. The zero-order valence-corrected chi connectivity index (χ0v) is 12.8. The number of hydrogen-bond acceptors (Lipinski definition) is 3. The number of rotatable bonds is 7. The van der Waals surface area contributed by atoms with E-state index >= 15 is 0 Å². The largest absolute Gasteiger partial charge is 0.303 e. The highest BCUT2D eigenvalue weighted by Crippen LogP contribution is 2.29. The third-order valence-electron chi connectivity index (χ3n) is 3.09. The van der Waals surface area contributed by atoms with Crippen molar-refractivity contribution in [3.05, 3.63) is 33.8 Å². The van der Waals surface area contributed by atoms with Gasteiger partial charge in [-0.1, -0.05) is 43.1 Å². The van der Waals surface area contributed by atoms with Gasteiger partial charge in [-0.3, -0.25) is 5.32 Å². The molecule has 1 unspecified atom stereocenters. The van der Waals surface area contributed by atoms with E-state index in [1.807, 2.05) is 0 Å². The minimum atomic E-state index is -0.475. The van der Waals surface area contributed by atoms with E-state index in [0.29, 0.717) is 15.6 Å². The molecule has 3 nitrogen and oxygen atoms in total. The van der Waals surface area contributed by atoms with E-state index in [1.165, 1.54) is 0 Å². The summed E-state index contributed by atoms with van der Waals surface area (Å²) in [5, 5.41) is 13.5. The van der Waals surface area contributed by atoms with Gasteiger partial charge in [0, 0.05) is 28.7 Å². The normalized spacial score (nSPS) is 12.4. The van der Waals surface area contributed by atoms with Crippen LogP contribution in [0.2, 0.25) is 10.0 Å². The highest BCUT2D eigenvalue weighted by atomic mass is 35.5. The average molecular weight is 300 g/mol. The molecule has 0 radical (unpaired) electrons. The molecule has 0 aromatic heterocycles. The Morgan fingerprint density at radius 1 is 1.26 bits per heavy atom. The lowest BCUT2D eigenvalue weighted by Crippen LogP contribution is -2.33. The van der Waals surface area contributed by atoms with E-state index in [4.69, 9.17) is 23.2 Å². The van der Waals surface area contributed by atoms with Gasteiger partial charge >= 0.3 is 0 Å². The Morgan fingerprint density at radius 3 is 2.32 bits per heavy atom. The molecule has 104 valence electrons. The lowest BCUT2D eigenvalue weighted by Gasteiger charge is -2.20. The molecule has 0 saturated carbocycles. The van der Waals surface area contributed by atoms with Gasteiger partial charge in [0.15, 0.2) is 0 Å². The van der Waals surface area contributed by atoms with Gasteiger partial charge in [-0.25, -0.2) is 0 Å². The molecule has 1 atom stereocenters. The quantitative estimate of drug-likeness (QED) is 0.838. The zero-order valence-electron chi connectivity index (χ0n) is 11.3. The second-order valence-corrected chi connectivity index (χ2v) is 4.99. The molecule has 1 N–H and O–H groups in total. The van der Waals surface area contributed by atoms with Gasteiger partial charge in [0.1, 0.15) is 6.04 Å². The topological polar surface area (TPSA) is 39.1 Å². The fraction of sp³-hybridized carbons (Fsp3) is 0.500. The van der Waals surface area contributed by atoms with Crippen molar-refractivity contribution in [2.45, 2.75) is 19.9 Å². The van der Waals surface area contributed by atoms with Gasteiger partial charge in [-0.2, -0.15) is 5.26 Å². The third kappa shape index (κ3) is 4.67. The first kappa shape index (κ1) is 16.3. The van der Waals surface area contributed by atoms with Crippen LogP contribution in [0.3, 0.4) is 0 Å². The number of likely N-dealkylation sites (N-methyl/N-ethyl adjacent to an activating group) is 1. The fourth-order valence-corrected chi connectivity index (χ4v) is 2.52.